The average molecular weight is 409 g/mol. The number of furan rings is 1. The van der Waals surface area contributed by atoms with E-state index < -0.39 is 6.04 Å². The van der Waals surface area contributed by atoms with Crippen molar-refractivity contribution in [2.24, 2.45) is 5.92 Å². The molecule has 156 valence electrons. The third kappa shape index (κ3) is 3.66. The highest BCUT2D eigenvalue weighted by Crippen LogP contribution is 2.25. The van der Waals surface area contributed by atoms with Crippen LogP contribution < -0.4 is 11.0 Å². The number of aryl methyl sites for hydroxylation is 1. The number of imidazole rings is 1. The maximum absolute atomic E-state index is 12.4. The SMILES string of the molecule is CCCn1c(=O)[nH]c2cc(-c3noc([C@H](NC(=O)c4ccco4)C(C)C)n3)ccc21. The third-order valence-corrected chi connectivity index (χ3v) is 4.89. The predicted octanol–water partition coefficient (Wildman–Crippen LogP) is 3.51. The molecule has 0 saturated heterocycles. The van der Waals surface area contributed by atoms with Crippen LogP contribution in [0, 0.1) is 5.92 Å². The van der Waals surface area contributed by atoms with Crippen molar-refractivity contribution in [3.63, 3.8) is 0 Å². The van der Waals surface area contributed by atoms with Crippen molar-refractivity contribution in [1.29, 1.82) is 0 Å². The van der Waals surface area contributed by atoms with Crippen LogP contribution >= 0.6 is 0 Å². The molecule has 0 bridgehead atoms. The number of rotatable bonds is 7. The highest BCUT2D eigenvalue weighted by molar-refractivity contribution is 5.91. The van der Waals surface area contributed by atoms with E-state index >= 15 is 0 Å². The van der Waals surface area contributed by atoms with Crippen molar-refractivity contribution in [2.45, 2.75) is 39.8 Å². The van der Waals surface area contributed by atoms with Crippen LogP contribution in [0.2, 0.25) is 0 Å². The van der Waals surface area contributed by atoms with Crippen LogP contribution in [0.25, 0.3) is 22.4 Å². The van der Waals surface area contributed by atoms with Crippen molar-refractivity contribution in [2.75, 3.05) is 0 Å². The number of benzene rings is 1. The molecular formula is C21H23N5O4. The van der Waals surface area contributed by atoms with Gasteiger partial charge in [0.15, 0.2) is 5.76 Å². The van der Waals surface area contributed by atoms with Gasteiger partial charge < -0.3 is 19.2 Å². The zero-order valence-electron chi connectivity index (χ0n) is 17.0. The Balaban J connectivity index is 1.62. The molecule has 0 aliphatic carbocycles. The summed E-state index contributed by atoms with van der Waals surface area (Å²) < 4.78 is 12.3. The molecule has 1 aromatic carbocycles. The quantitative estimate of drug-likeness (QED) is 0.482. The summed E-state index contributed by atoms with van der Waals surface area (Å²) in [5.74, 6) is 0.561. The summed E-state index contributed by atoms with van der Waals surface area (Å²) in [5.41, 5.74) is 2.12. The molecule has 9 heteroatoms. The normalized spacial score (nSPS) is 12.5. The van der Waals surface area contributed by atoms with Gasteiger partial charge >= 0.3 is 5.69 Å². The van der Waals surface area contributed by atoms with Crippen molar-refractivity contribution in [3.8, 4) is 11.4 Å². The van der Waals surface area contributed by atoms with E-state index in [1.54, 1.807) is 16.7 Å². The molecule has 1 atom stereocenters. The second kappa shape index (κ2) is 8.02. The van der Waals surface area contributed by atoms with E-state index in [1.807, 2.05) is 39.0 Å². The van der Waals surface area contributed by atoms with Gasteiger partial charge in [-0.3, -0.25) is 9.36 Å². The Bertz CT molecular complexity index is 1220. The van der Waals surface area contributed by atoms with Crippen LogP contribution in [0.15, 0.2) is 50.3 Å². The van der Waals surface area contributed by atoms with Crippen molar-refractivity contribution < 1.29 is 13.7 Å². The Hall–Kier alpha value is -3.62. The fourth-order valence-corrected chi connectivity index (χ4v) is 3.36. The Morgan fingerprint density at radius 1 is 1.30 bits per heavy atom. The molecule has 4 aromatic rings. The molecule has 0 spiro atoms. The number of carbonyl (C=O) groups excluding carboxylic acids is 1. The van der Waals surface area contributed by atoms with E-state index in [0.717, 1.165) is 11.9 Å². The summed E-state index contributed by atoms with van der Waals surface area (Å²) in [6, 6.07) is 8.31. The van der Waals surface area contributed by atoms with Gasteiger partial charge in [-0.25, -0.2) is 4.79 Å². The highest BCUT2D eigenvalue weighted by Gasteiger charge is 2.26. The molecule has 0 radical (unpaired) electrons. The first-order chi connectivity index (χ1) is 14.5. The lowest BCUT2D eigenvalue weighted by molar-refractivity contribution is 0.0885. The predicted molar refractivity (Wildman–Crippen MR) is 110 cm³/mol. The number of aromatic nitrogens is 4. The molecular weight excluding hydrogens is 386 g/mol. The molecule has 0 saturated carbocycles. The van der Waals surface area contributed by atoms with Gasteiger partial charge in [-0.05, 0) is 42.7 Å². The number of aromatic amines is 1. The maximum atomic E-state index is 12.4. The van der Waals surface area contributed by atoms with Gasteiger partial charge in [0.25, 0.3) is 5.91 Å². The van der Waals surface area contributed by atoms with E-state index in [9.17, 15) is 9.59 Å². The Kier molecular flexibility index (Phi) is 5.26. The molecule has 2 N–H and O–H groups in total. The topological polar surface area (TPSA) is 119 Å². The zero-order chi connectivity index (χ0) is 21.3. The van der Waals surface area contributed by atoms with Crippen LogP contribution in [0.5, 0.6) is 0 Å². The molecule has 9 nitrogen and oxygen atoms in total. The van der Waals surface area contributed by atoms with E-state index in [4.69, 9.17) is 8.94 Å². The minimum atomic E-state index is -0.474. The molecule has 3 heterocycles. The molecule has 3 aromatic heterocycles. The van der Waals surface area contributed by atoms with E-state index in [-0.39, 0.29) is 23.3 Å². The number of hydrogen-bond acceptors (Lipinski definition) is 6. The van der Waals surface area contributed by atoms with Gasteiger partial charge in [-0.1, -0.05) is 25.9 Å². The average Bonchev–Trinajstić information content (AvgIpc) is 3.46. The lowest BCUT2D eigenvalue weighted by Crippen LogP contribution is -2.31. The third-order valence-electron chi connectivity index (χ3n) is 4.89. The van der Waals surface area contributed by atoms with E-state index in [0.29, 0.717) is 29.3 Å². The largest absolute Gasteiger partial charge is 0.459 e. The maximum Gasteiger partial charge on any atom is 0.326 e. The Morgan fingerprint density at radius 3 is 2.83 bits per heavy atom. The number of carbonyl (C=O) groups is 1. The first kappa shape index (κ1) is 19.7. The number of H-pyrrole nitrogens is 1. The van der Waals surface area contributed by atoms with Gasteiger partial charge in [-0.2, -0.15) is 4.98 Å². The number of nitrogens with zero attached hydrogens (tertiary/aromatic N) is 3. The molecule has 0 fully saturated rings. The first-order valence-corrected chi connectivity index (χ1v) is 9.88. The number of fused-ring (bicyclic) bond motifs is 1. The summed E-state index contributed by atoms with van der Waals surface area (Å²) in [7, 11) is 0. The summed E-state index contributed by atoms with van der Waals surface area (Å²) in [6.45, 7) is 6.57. The second-order valence-electron chi connectivity index (χ2n) is 7.44. The number of hydrogen-bond donors (Lipinski definition) is 2. The first-order valence-electron chi connectivity index (χ1n) is 9.88. The smallest absolute Gasteiger partial charge is 0.326 e. The molecule has 0 aliphatic rings. The Morgan fingerprint density at radius 2 is 2.13 bits per heavy atom. The fraction of sp³-hybridized carbons (Fsp3) is 0.333. The summed E-state index contributed by atoms with van der Waals surface area (Å²) in [6.07, 6.45) is 2.31. The molecule has 1 amide bonds. The number of amides is 1. The molecule has 0 aliphatic heterocycles. The standard InChI is InChI=1S/C21H23N5O4/c1-4-9-26-15-8-7-13(11-14(15)22-21(26)28)18-24-20(30-25-18)17(12(2)3)23-19(27)16-6-5-10-29-16/h5-8,10-12,17H,4,9H2,1-3H3,(H,22,28)(H,23,27)/t17-/m1/s1. The van der Waals surface area contributed by atoms with Crippen LogP contribution in [0.3, 0.4) is 0 Å². The monoisotopic (exact) mass is 409 g/mol. The number of nitrogens with one attached hydrogen (secondary N) is 2. The zero-order valence-corrected chi connectivity index (χ0v) is 17.0. The van der Waals surface area contributed by atoms with Crippen LogP contribution in [-0.4, -0.2) is 25.6 Å². The highest BCUT2D eigenvalue weighted by atomic mass is 16.5. The minimum Gasteiger partial charge on any atom is -0.459 e. The molecule has 0 unspecified atom stereocenters. The van der Waals surface area contributed by atoms with E-state index in [2.05, 4.69) is 20.4 Å². The van der Waals surface area contributed by atoms with Gasteiger partial charge in [-0.15, -0.1) is 0 Å². The summed E-state index contributed by atoms with van der Waals surface area (Å²) >= 11 is 0. The lowest BCUT2D eigenvalue weighted by atomic mass is 10.0. The van der Waals surface area contributed by atoms with Gasteiger partial charge in [0, 0.05) is 12.1 Å². The second-order valence-corrected chi connectivity index (χ2v) is 7.44. The van der Waals surface area contributed by atoms with Crippen LogP contribution in [0.4, 0.5) is 0 Å². The van der Waals surface area contributed by atoms with Crippen LogP contribution in [0.1, 0.15) is 49.7 Å². The molecule has 30 heavy (non-hydrogen) atoms. The van der Waals surface area contributed by atoms with E-state index in [1.165, 1.54) is 6.26 Å². The summed E-state index contributed by atoms with van der Waals surface area (Å²) in [4.78, 5) is 31.9. The van der Waals surface area contributed by atoms with Crippen LogP contribution in [-0.2, 0) is 6.54 Å². The van der Waals surface area contributed by atoms with Gasteiger partial charge in [0.1, 0.15) is 6.04 Å². The van der Waals surface area contributed by atoms with Gasteiger partial charge in [0.05, 0.1) is 17.3 Å². The van der Waals surface area contributed by atoms with Crippen molar-refractivity contribution in [1.82, 2.24) is 25.0 Å². The fourth-order valence-electron chi connectivity index (χ4n) is 3.36. The van der Waals surface area contributed by atoms with Crippen molar-refractivity contribution in [3.05, 3.63) is 58.7 Å². The lowest BCUT2D eigenvalue weighted by Gasteiger charge is -2.17. The Labute approximate surface area is 172 Å². The minimum absolute atomic E-state index is 0.0131. The van der Waals surface area contributed by atoms with Gasteiger partial charge in [0.2, 0.25) is 11.7 Å². The summed E-state index contributed by atoms with van der Waals surface area (Å²) in [5, 5.41) is 6.95. The molecule has 4 rings (SSSR count). The van der Waals surface area contributed by atoms with Crippen molar-refractivity contribution >= 4 is 16.9 Å².